The quantitative estimate of drug-likeness (QED) is 0.770. The first-order chi connectivity index (χ1) is 8.56. The molecule has 0 saturated carbocycles. The maximum Gasteiger partial charge on any atom is 0.123 e. The Morgan fingerprint density at radius 3 is 2.72 bits per heavy atom. The van der Waals surface area contributed by atoms with Crippen molar-refractivity contribution in [1.82, 2.24) is 4.90 Å². The fourth-order valence-corrected chi connectivity index (χ4v) is 1.98. The Labute approximate surface area is 115 Å². The Morgan fingerprint density at radius 1 is 1.44 bits per heavy atom. The van der Waals surface area contributed by atoms with Crippen LogP contribution in [0, 0.1) is 6.92 Å². The van der Waals surface area contributed by atoms with Crippen molar-refractivity contribution in [3.05, 3.63) is 29.3 Å². The smallest absolute Gasteiger partial charge is 0.123 e. The number of methoxy groups -OCH3 is 1. The summed E-state index contributed by atoms with van der Waals surface area (Å²) < 4.78 is 5.39. The van der Waals surface area contributed by atoms with Gasteiger partial charge in [-0.1, -0.05) is 36.8 Å². The summed E-state index contributed by atoms with van der Waals surface area (Å²) in [5, 5.41) is 0. The van der Waals surface area contributed by atoms with Crippen LogP contribution < -0.4 is 10.5 Å². The van der Waals surface area contributed by atoms with Crippen LogP contribution in [0.4, 0.5) is 0 Å². The standard InChI is InChI=1S/C14H22N2OS/c1-4-16(8-7-14(15)18)10-12-9-11(2)5-6-13(12)17-3/h5-6,9H,4,7-8,10H2,1-3H3,(H2,15,18). The van der Waals surface area contributed by atoms with Gasteiger partial charge in [-0.25, -0.2) is 0 Å². The molecule has 4 heteroatoms. The van der Waals surface area contributed by atoms with Crippen LogP contribution in [-0.2, 0) is 6.54 Å². The molecule has 3 nitrogen and oxygen atoms in total. The molecular formula is C14H22N2OS. The molecule has 0 fully saturated rings. The van der Waals surface area contributed by atoms with Gasteiger partial charge in [0.25, 0.3) is 0 Å². The molecule has 0 aromatic heterocycles. The van der Waals surface area contributed by atoms with Gasteiger partial charge in [0.1, 0.15) is 5.75 Å². The zero-order valence-electron chi connectivity index (χ0n) is 11.4. The topological polar surface area (TPSA) is 38.5 Å². The number of rotatable bonds is 7. The van der Waals surface area contributed by atoms with E-state index in [1.807, 2.05) is 6.07 Å². The van der Waals surface area contributed by atoms with Gasteiger partial charge in [-0.15, -0.1) is 0 Å². The van der Waals surface area contributed by atoms with Crippen molar-refractivity contribution in [1.29, 1.82) is 0 Å². The van der Waals surface area contributed by atoms with Crippen molar-refractivity contribution in [3.8, 4) is 5.75 Å². The molecule has 1 aromatic rings. The van der Waals surface area contributed by atoms with Crippen LogP contribution in [0.25, 0.3) is 0 Å². The summed E-state index contributed by atoms with van der Waals surface area (Å²) in [4.78, 5) is 2.89. The average Bonchev–Trinajstić information content (AvgIpc) is 2.34. The molecule has 100 valence electrons. The van der Waals surface area contributed by atoms with Gasteiger partial charge in [-0.3, -0.25) is 4.90 Å². The third-order valence-electron chi connectivity index (χ3n) is 2.95. The van der Waals surface area contributed by atoms with E-state index in [0.29, 0.717) is 4.99 Å². The lowest BCUT2D eigenvalue weighted by Gasteiger charge is -2.21. The number of benzene rings is 1. The van der Waals surface area contributed by atoms with E-state index in [2.05, 4.69) is 30.9 Å². The van der Waals surface area contributed by atoms with Crippen LogP contribution in [0.15, 0.2) is 18.2 Å². The number of thiocarbonyl (C=S) groups is 1. The molecule has 1 aromatic carbocycles. The minimum absolute atomic E-state index is 0.574. The highest BCUT2D eigenvalue weighted by atomic mass is 32.1. The van der Waals surface area contributed by atoms with Gasteiger partial charge < -0.3 is 10.5 Å². The molecule has 0 unspecified atom stereocenters. The first-order valence-electron chi connectivity index (χ1n) is 6.21. The van der Waals surface area contributed by atoms with E-state index in [9.17, 15) is 0 Å². The van der Waals surface area contributed by atoms with Gasteiger partial charge in [0, 0.05) is 25.1 Å². The molecule has 0 aliphatic rings. The first-order valence-corrected chi connectivity index (χ1v) is 6.61. The monoisotopic (exact) mass is 266 g/mol. The summed E-state index contributed by atoms with van der Waals surface area (Å²) in [6.45, 7) is 6.96. The first kappa shape index (κ1) is 14.9. The van der Waals surface area contributed by atoms with Gasteiger partial charge in [-0.2, -0.15) is 0 Å². The van der Waals surface area contributed by atoms with Crippen LogP contribution in [0.2, 0.25) is 0 Å². The van der Waals surface area contributed by atoms with E-state index in [1.165, 1.54) is 11.1 Å². The Morgan fingerprint density at radius 2 is 2.17 bits per heavy atom. The molecule has 0 aliphatic heterocycles. The highest BCUT2D eigenvalue weighted by molar-refractivity contribution is 7.80. The Bertz CT molecular complexity index is 407. The lowest BCUT2D eigenvalue weighted by atomic mass is 10.1. The van der Waals surface area contributed by atoms with Crippen molar-refractivity contribution in [3.63, 3.8) is 0 Å². The second kappa shape index (κ2) is 7.34. The van der Waals surface area contributed by atoms with E-state index in [-0.39, 0.29) is 0 Å². The SMILES string of the molecule is CCN(CCC(N)=S)Cc1cc(C)ccc1OC. The van der Waals surface area contributed by atoms with Crippen LogP contribution in [0.1, 0.15) is 24.5 Å². The summed E-state index contributed by atoms with van der Waals surface area (Å²) in [6, 6.07) is 6.25. The normalized spacial score (nSPS) is 10.7. The van der Waals surface area contributed by atoms with Crippen LogP contribution in [0.5, 0.6) is 5.75 Å². The number of nitrogens with two attached hydrogens (primary N) is 1. The van der Waals surface area contributed by atoms with Crippen molar-refractivity contribution in [2.45, 2.75) is 26.8 Å². The van der Waals surface area contributed by atoms with Gasteiger partial charge in [0.2, 0.25) is 0 Å². The molecule has 0 bridgehead atoms. The molecule has 0 spiro atoms. The third-order valence-corrected chi connectivity index (χ3v) is 3.16. The van der Waals surface area contributed by atoms with Crippen LogP contribution in [-0.4, -0.2) is 30.1 Å². The van der Waals surface area contributed by atoms with Gasteiger partial charge in [0.15, 0.2) is 0 Å². The molecular weight excluding hydrogens is 244 g/mol. The summed E-state index contributed by atoms with van der Waals surface area (Å²) in [5.74, 6) is 0.939. The second-order valence-corrected chi connectivity index (χ2v) is 4.92. The number of ether oxygens (including phenoxy) is 1. The van der Waals surface area contributed by atoms with E-state index in [1.54, 1.807) is 7.11 Å². The molecule has 0 amide bonds. The largest absolute Gasteiger partial charge is 0.496 e. The lowest BCUT2D eigenvalue weighted by Crippen LogP contribution is -2.27. The Balaban J connectivity index is 2.74. The molecule has 0 atom stereocenters. The number of nitrogens with zero attached hydrogens (tertiary/aromatic N) is 1. The van der Waals surface area contributed by atoms with Gasteiger partial charge >= 0.3 is 0 Å². The fraction of sp³-hybridized carbons (Fsp3) is 0.500. The summed E-state index contributed by atoms with van der Waals surface area (Å²) in [7, 11) is 1.71. The minimum Gasteiger partial charge on any atom is -0.496 e. The highest BCUT2D eigenvalue weighted by Gasteiger charge is 2.09. The van der Waals surface area contributed by atoms with E-state index < -0.39 is 0 Å². The zero-order valence-corrected chi connectivity index (χ0v) is 12.2. The average molecular weight is 266 g/mol. The van der Waals surface area contributed by atoms with Crippen LogP contribution in [0.3, 0.4) is 0 Å². The van der Waals surface area contributed by atoms with Crippen LogP contribution >= 0.6 is 12.2 Å². The number of hydrogen-bond donors (Lipinski definition) is 1. The molecule has 18 heavy (non-hydrogen) atoms. The highest BCUT2D eigenvalue weighted by Crippen LogP contribution is 2.21. The van der Waals surface area contributed by atoms with E-state index in [0.717, 1.165) is 31.8 Å². The van der Waals surface area contributed by atoms with Crippen molar-refractivity contribution < 1.29 is 4.74 Å². The Kier molecular flexibility index (Phi) is 6.09. The molecule has 0 aliphatic carbocycles. The Hall–Kier alpha value is -1.13. The maximum atomic E-state index is 5.55. The zero-order chi connectivity index (χ0) is 13.5. The summed E-state index contributed by atoms with van der Waals surface area (Å²) in [5.41, 5.74) is 8.01. The fourth-order valence-electron chi connectivity index (χ4n) is 1.89. The third kappa shape index (κ3) is 4.63. The molecule has 0 heterocycles. The molecule has 1 rings (SSSR count). The van der Waals surface area contributed by atoms with Gasteiger partial charge in [0.05, 0.1) is 12.1 Å². The van der Waals surface area contributed by atoms with Gasteiger partial charge in [-0.05, 0) is 19.5 Å². The lowest BCUT2D eigenvalue weighted by molar-refractivity contribution is 0.282. The van der Waals surface area contributed by atoms with Crippen molar-refractivity contribution >= 4 is 17.2 Å². The molecule has 2 N–H and O–H groups in total. The molecule has 0 radical (unpaired) electrons. The predicted octanol–water partition coefficient (Wildman–Crippen LogP) is 2.50. The molecule has 0 saturated heterocycles. The number of aryl methyl sites for hydroxylation is 1. The van der Waals surface area contributed by atoms with Crippen molar-refractivity contribution in [2.75, 3.05) is 20.2 Å². The van der Waals surface area contributed by atoms with E-state index >= 15 is 0 Å². The summed E-state index contributed by atoms with van der Waals surface area (Å²) in [6.07, 6.45) is 0.761. The van der Waals surface area contributed by atoms with E-state index in [4.69, 9.17) is 22.7 Å². The predicted molar refractivity (Wildman–Crippen MR) is 80.1 cm³/mol. The summed E-state index contributed by atoms with van der Waals surface area (Å²) >= 11 is 4.92. The number of hydrogen-bond acceptors (Lipinski definition) is 3. The second-order valence-electron chi connectivity index (χ2n) is 4.40. The maximum absolute atomic E-state index is 5.55. The minimum atomic E-state index is 0.574. The van der Waals surface area contributed by atoms with Crippen molar-refractivity contribution in [2.24, 2.45) is 5.73 Å².